The number of anilines is 2. The molecule has 0 atom stereocenters. The van der Waals surface area contributed by atoms with Gasteiger partial charge in [-0.15, -0.1) is 0 Å². The number of pyridine rings is 1. The summed E-state index contributed by atoms with van der Waals surface area (Å²) < 4.78 is 0.848. The number of nitriles is 1. The first-order chi connectivity index (χ1) is 10.6. The summed E-state index contributed by atoms with van der Waals surface area (Å²) in [6.07, 6.45) is 2.94. The van der Waals surface area contributed by atoms with Crippen LogP contribution in [0.1, 0.15) is 5.56 Å². The number of aromatic nitrogens is 1. The SMILES string of the molecule is Cc1cccc(NC(=O)/C(C#N)=C\Nc2cc(Br)ccn2)c1. The lowest BCUT2D eigenvalue weighted by atomic mass is 10.2. The normalized spacial score (nSPS) is 10.7. The number of hydrogen-bond acceptors (Lipinski definition) is 4. The predicted octanol–water partition coefficient (Wildman–Crippen LogP) is 3.61. The molecule has 0 fully saturated rings. The predicted molar refractivity (Wildman–Crippen MR) is 89.1 cm³/mol. The Balaban J connectivity index is 2.09. The Morgan fingerprint density at radius 3 is 2.86 bits per heavy atom. The van der Waals surface area contributed by atoms with Crippen molar-refractivity contribution in [2.24, 2.45) is 0 Å². The lowest BCUT2D eigenvalue weighted by molar-refractivity contribution is -0.112. The van der Waals surface area contributed by atoms with Gasteiger partial charge < -0.3 is 10.6 Å². The van der Waals surface area contributed by atoms with Crippen LogP contribution >= 0.6 is 15.9 Å². The largest absolute Gasteiger partial charge is 0.345 e. The van der Waals surface area contributed by atoms with Gasteiger partial charge in [-0.1, -0.05) is 28.1 Å². The molecule has 0 aliphatic heterocycles. The van der Waals surface area contributed by atoms with Gasteiger partial charge in [-0.05, 0) is 36.8 Å². The molecule has 2 aromatic rings. The number of nitrogens with zero attached hydrogens (tertiary/aromatic N) is 2. The van der Waals surface area contributed by atoms with Crippen molar-refractivity contribution in [1.29, 1.82) is 5.26 Å². The third-order valence-corrected chi connectivity index (χ3v) is 3.22. The zero-order valence-corrected chi connectivity index (χ0v) is 13.4. The van der Waals surface area contributed by atoms with Gasteiger partial charge in [-0.3, -0.25) is 4.79 Å². The highest BCUT2D eigenvalue weighted by Gasteiger charge is 2.09. The summed E-state index contributed by atoms with van der Waals surface area (Å²) in [6.45, 7) is 1.93. The number of halogens is 1. The fraction of sp³-hybridized carbons (Fsp3) is 0.0625. The molecule has 0 aliphatic carbocycles. The molecule has 0 unspecified atom stereocenters. The summed E-state index contributed by atoms with van der Waals surface area (Å²) in [4.78, 5) is 16.1. The molecule has 110 valence electrons. The second kappa shape index (κ2) is 7.38. The number of nitrogens with one attached hydrogen (secondary N) is 2. The first kappa shape index (κ1) is 15.7. The molecule has 0 radical (unpaired) electrons. The fourth-order valence-electron chi connectivity index (χ4n) is 1.70. The van der Waals surface area contributed by atoms with Crippen LogP contribution in [0.4, 0.5) is 11.5 Å². The number of hydrogen-bond donors (Lipinski definition) is 2. The second-order valence-electron chi connectivity index (χ2n) is 4.50. The monoisotopic (exact) mass is 356 g/mol. The third-order valence-electron chi connectivity index (χ3n) is 2.73. The highest BCUT2D eigenvalue weighted by Crippen LogP contribution is 2.14. The van der Waals surface area contributed by atoms with Crippen molar-refractivity contribution in [2.75, 3.05) is 10.6 Å². The molecular formula is C16H13BrN4O. The van der Waals surface area contributed by atoms with Crippen LogP contribution < -0.4 is 10.6 Å². The van der Waals surface area contributed by atoms with Gasteiger partial charge >= 0.3 is 0 Å². The van der Waals surface area contributed by atoms with E-state index in [9.17, 15) is 4.79 Å². The Labute approximate surface area is 136 Å². The average Bonchev–Trinajstić information content (AvgIpc) is 2.48. The molecule has 1 aromatic carbocycles. The van der Waals surface area contributed by atoms with Crippen molar-refractivity contribution in [3.63, 3.8) is 0 Å². The van der Waals surface area contributed by atoms with Gasteiger partial charge in [0.1, 0.15) is 17.5 Å². The molecular weight excluding hydrogens is 344 g/mol. The summed E-state index contributed by atoms with van der Waals surface area (Å²) in [5.74, 6) is 0.0566. The Morgan fingerprint density at radius 1 is 1.36 bits per heavy atom. The van der Waals surface area contributed by atoms with Crippen molar-refractivity contribution in [3.8, 4) is 6.07 Å². The van der Waals surface area contributed by atoms with E-state index in [1.54, 1.807) is 24.4 Å². The first-order valence-corrected chi connectivity index (χ1v) is 7.24. The van der Waals surface area contributed by atoms with Crippen molar-refractivity contribution >= 4 is 33.3 Å². The Kier molecular flexibility index (Phi) is 5.28. The summed E-state index contributed by atoms with van der Waals surface area (Å²) in [7, 11) is 0. The van der Waals surface area contributed by atoms with E-state index in [0.29, 0.717) is 11.5 Å². The molecule has 0 bridgehead atoms. The van der Waals surface area contributed by atoms with Crippen LogP contribution in [0.3, 0.4) is 0 Å². The minimum absolute atomic E-state index is 0.0386. The maximum absolute atomic E-state index is 12.1. The van der Waals surface area contributed by atoms with Crippen LogP contribution in [0.25, 0.3) is 0 Å². The van der Waals surface area contributed by atoms with E-state index in [1.807, 2.05) is 31.2 Å². The van der Waals surface area contributed by atoms with Gasteiger partial charge in [0, 0.05) is 22.6 Å². The van der Waals surface area contributed by atoms with Crippen LogP contribution in [0.2, 0.25) is 0 Å². The van der Waals surface area contributed by atoms with Crippen LogP contribution in [-0.4, -0.2) is 10.9 Å². The van der Waals surface area contributed by atoms with Gasteiger partial charge in [0.05, 0.1) is 0 Å². The number of rotatable bonds is 4. The zero-order chi connectivity index (χ0) is 15.9. The van der Waals surface area contributed by atoms with E-state index in [-0.39, 0.29) is 5.57 Å². The summed E-state index contributed by atoms with van der Waals surface area (Å²) in [5, 5.41) is 14.6. The van der Waals surface area contributed by atoms with Crippen LogP contribution in [-0.2, 0) is 4.79 Å². The molecule has 6 heteroatoms. The molecule has 0 aliphatic rings. The summed E-state index contributed by atoms with van der Waals surface area (Å²) >= 11 is 3.32. The third kappa shape index (κ3) is 4.43. The van der Waals surface area contributed by atoms with Gasteiger partial charge in [0.15, 0.2) is 0 Å². The van der Waals surface area contributed by atoms with E-state index in [1.165, 1.54) is 6.20 Å². The number of aryl methyl sites for hydroxylation is 1. The highest BCUT2D eigenvalue weighted by atomic mass is 79.9. The van der Waals surface area contributed by atoms with Crippen molar-refractivity contribution in [1.82, 2.24) is 4.98 Å². The summed E-state index contributed by atoms with van der Waals surface area (Å²) in [6, 6.07) is 12.8. The molecule has 0 spiro atoms. The minimum Gasteiger partial charge on any atom is -0.345 e. The molecule has 2 N–H and O–H groups in total. The van der Waals surface area contributed by atoms with E-state index in [0.717, 1.165) is 10.0 Å². The minimum atomic E-state index is -0.476. The number of amides is 1. The van der Waals surface area contributed by atoms with Crippen molar-refractivity contribution in [3.05, 3.63) is 64.4 Å². The number of benzene rings is 1. The molecule has 22 heavy (non-hydrogen) atoms. The average molecular weight is 357 g/mol. The Hall–Kier alpha value is -2.65. The smallest absolute Gasteiger partial charge is 0.267 e. The van der Waals surface area contributed by atoms with Crippen molar-refractivity contribution in [2.45, 2.75) is 6.92 Å². The van der Waals surface area contributed by atoms with Gasteiger partial charge in [0.2, 0.25) is 0 Å². The molecule has 5 nitrogen and oxygen atoms in total. The molecule has 0 saturated carbocycles. The van der Waals surface area contributed by atoms with Gasteiger partial charge in [-0.25, -0.2) is 4.98 Å². The van der Waals surface area contributed by atoms with Gasteiger partial charge in [0.25, 0.3) is 5.91 Å². The number of carbonyl (C=O) groups excluding carboxylic acids is 1. The number of carbonyl (C=O) groups is 1. The van der Waals surface area contributed by atoms with E-state index < -0.39 is 5.91 Å². The topological polar surface area (TPSA) is 77.8 Å². The highest BCUT2D eigenvalue weighted by molar-refractivity contribution is 9.10. The molecule has 0 saturated heterocycles. The quantitative estimate of drug-likeness (QED) is 0.647. The maximum atomic E-state index is 12.1. The standard InChI is InChI=1S/C16H13BrN4O/c1-11-3-2-4-14(7-11)21-16(22)12(9-18)10-20-15-8-13(17)5-6-19-15/h2-8,10H,1H3,(H,19,20)(H,21,22)/b12-10-. The molecule has 1 aromatic heterocycles. The van der Waals surface area contributed by atoms with Gasteiger partial charge in [-0.2, -0.15) is 5.26 Å². The summed E-state index contributed by atoms with van der Waals surface area (Å²) in [5.41, 5.74) is 1.63. The Morgan fingerprint density at radius 2 is 2.18 bits per heavy atom. The fourth-order valence-corrected chi connectivity index (χ4v) is 2.03. The van der Waals surface area contributed by atoms with E-state index >= 15 is 0 Å². The lowest BCUT2D eigenvalue weighted by Gasteiger charge is -2.05. The molecule has 1 heterocycles. The van der Waals surface area contributed by atoms with E-state index in [4.69, 9.17) is 5.26 Å². The second-order valence-corrected chi connectivity index (χ2v) is 5.41. The molecule has 2 rings (SSSR count). The Bertz CT molecular complexity index is 765. The zero-order valence-electron chi connectivity index (χ0n) is 11.8. The first-order valence-electron chi connectivity index (χ1n) is 6.45. The van der Waals surface area contributed by atoms with E-state index in [2.05, 4.69) is 31.5 Å². The van der Waals surface area contributed by atoms with Crippen molar-refractivity contribution < 1.29 is 4.79 Å². The maximum Gasteiger partial charge on any atom is 0.267 e. The van der Waals surface area contributed by atoms with Crippen LogP contribution in [0.15, 0.2) is 58.8 Å². The molecule has 1 amide bonds. The lowest BCUT2D eigenvalue weighted by Crippen LogP contribution is -2.14. The van der Waals surface area contributed by atoms with Crippen LogP contribution in [0, 0.1) is 18.3 Å². The van der Waals surface area contributed by atoms with Crippen LogP contribution in [0.5, 0.6) is 0 Å².